The Kier molecular flexibility index (Phi) is 5.45. The minimum atomic E-state index is -4.25. The van der Waals surface area contributed by atoms with Gasteiger partial charge in [-0.25, -0.2) is 0 Å². The quantitative estimate of drug-likeness (QED) is 0.443. The number of nitro benzene ring substituents is 1. The highest BCUT2D eigenvalue weighted by atomic mass is 32.3. The number of benzene rings is 1. The molecule has 0 saturated heterocycles. The average Bonchev–Trinajstić information content (AvgIpc) is 2.50. The lowest BCUT2D eigenvalue weighted by Gasteiger charge is -2.17. The topological polar surface area (TPSA) is 86.5 Å². The molecule has 1 aromatic rings. The molecule has 0 amide bonds. The van der Waals surface area contributed by atoms with Crippen LogP contribution in [0.4, 0.5) is 5.69 Å². The molecule has 0 aliphatic carbocycles. The van der Waals surface area contributed by atoms with E-state index in [0.717, 1.165) is 20.7 Å². The van der Waals surface area contributed by atoms with Crippen molar-refractivity contribution in [3.05, 3.63) is 56.3 Å². The average molecular weight is 373 g/mol. The molecule has 124 valence electrons. The van der Waals surface area contributed by atoms with Gasteiger partial charge in [0.05, 0.1) is 4.92 Å². The van der Waals surface area contributed by atoms with Crippen LogP contribution >= 0.6 is 22.5 Å². The van der Waals surface area contributed by atoms with Crippen molar-refractivity contribution < 1.29 is 17.0 Å². The van der Waals surface area contributed by atoms with Gasteiger partial charge in [0, 0.05) is 20.7 Å². The fourth-order valence-electron chi connectivity index (χ4n) is 1.97. The van der Waals surface area contributed by atoms with Gasteiger partial charge in [0.2, 0.25) is 0 Å². The maximum absolute atomic E-state index is 12.5. The van der Waals surface area contributed by atoms with Crippen LogP contribution in [0.1, 0.15) is 13.8 Å². The first-order valence-corrected chi connectivity index (χ1v) is 10.2. The summed E-state index contributed by atoms with van der Waals surface area (Å²) in [5.74, 6) is 0. The normalized spacial score (nSPS) is 18.4. The van der Waals surface area contributed by atoms with Crippen molar-refractivity contribution in [3.8, 4) is 0 Å². The molecule has 6 nitrogen and oxygen atoms in total. The molecule has 23 heavy (non-hydrogen) atoms. The number of thioether (sulfide) groups is 1. The SMILES string of the molecule is CSC1=CC(C)=S(OS(=O)(=O)c2ccccc2[N+](=O)[O-])C(C)=C1. The second-order valence-electron chi connectivity index (χ2n) is 4.63. The Morgan fingerprint density at radius 3 is 2.43 bits per heavy atom. The van der Waals surface area contributed by atoms with Crippen LogP contribution in [0.25, 0.3) is 0 Å². The van der Waals surface area contributed by atoms with E-state index in [1.54, 1.807) is 25.6 Å². The van der Waals surface area contributed by atoms with Crippen molar-refractivity contribution in [2.75, 3.05) is 6.26 Å². The van der Waals surface area contributed by atoms with Crippen molar-refractivity contribution in [3.63, 3.8) is 0 Å². The third-order valence-electron chi connectivity index (χ3n) is 3.00. The maximum Gasteiger partial charge on any atom is 0.314 e. The standard InChI is InChI=1S/C14H15NO5S3/c1-10-8-12(21-3)9-11(2)22(10)20-23(18,19)14-7-5-4-6-13(14)15(16)17/h4-9H,1-3H3. The van der Waals surface area contributed by atoms with Crippen LogP contribution in [-0.4, -0.2) is 24.5 Å². The molecule has 1 unspecified atom stereocenters. The predicted octanol–water partition coefficient (Wildman–Crippen LogP) is 3.84. The monoisotopic (exact) mass is 373 g/mol. The van der Waals surface area contributed by atoms with E-state index in [-0.39, 0.29) is 0 Å². The Balaban J connectivity index is 2.47. The molecule has 0 radical (unpaired) electrons. The first kappa shape index (κ1) is 17.9. The lowest BCUT2D eigenvalue weighted by molar-refractivity contribution is -0.387. The van der Waals surface area contributed by atoms with Crippen molar-refractivity contribution >= 4 is 43.2 Å². The van der Waals surface area contributed by atoms with Gasteiger partial charge in [-0.15, -0.1) is 11.8 Å². The van der Waals surface area contributed by atoms with Gasteiger partial charge >= 0.3 is 10.1 Å². The van der Waals surface area contributed by atoms with E-state index >= 15 is 0 Å². The molecule has 0 N–H and O–H groups in total. The van der Waals surface area contributed by atoms with E-state index in [0.29, 0.717) is 0 Å². The molecule has 9 heteroatoms. The lowest BCUT2D eigenvalue weighted by atomic mass is 10.3. The van der Waals surface area contributed by atoms with E-state index in [1.807, 2.05) is 18.4 Å². The highest BCUT2D eigenvalue weighted by Crippen LogP contribution is 2.39. The molecule has 0 spiro atoms. The zero-order valence-corrected chi connectivity index (χ0v) is 15.1. The number of hydrogen-bond acceptors (Lipinski definition) is 6. The molecule has 1 atom stereocenters. The minimum Gasteiger partial charge on any atom is -0.258 e. The Bertz CT molecular complexity index is 853. The first-order chi connectivity index (χ1) is 10.8. The second-order valence-corrected chi connectivity index (χ2v) is 9.23. The fraction of sp³-hybridized carbons (Fsp3) is 0.214. The third kappa shape index (κ3) is 3.92. The molecule has 1 aromatic carbocycles. The van der Waals surface area contributed by atoms with Gasteiger partial charge in [0.25, 0.3) is 5.69 Å². The Morgan fingerprint density at radius 1 is 1.22 bits per heavy atom. The van der Waals surface area contributed by atoms with E-state index in [4.69, 9.17) is 3.63 Å². The Labute approximate surface area is 141 Å². The van der Waals surface area contributed by atoms with Crippen LogP contribution < -0.4 is 0 Å². The summed E-state index contributed by atoms with van der Waals surface area (Å²) < 4.78 is 30.3. The van der Waals surface area contributed by atoms with E-state index < -0.39 is 36.4 Å². The zero-order valence-electron chi connectivity index (χ0n) is 12.7. The summed E-state index contributed by atoms with van der Waals surface area (Å²) in [6.45, 7) is 3.56. The maximum atomic E-state index is 12.5. The molecule has 1 aliphatic heterocycles. The largest absolute Gasteiger partial charge is 0.314 e. The zero-order chi connectivity index (χ0) is 17.2. The number of para-hydroxylation sites is 1. The van der Waals surface area contributed by atoms with Gasteiger partial charge in [-0.2, -0.15) is 12.0 Å². The Hall–Kier alpha value is -1.42. The second kappa shape index (κ2) is 7.00. The number of allylic oxidation sites excluding steroid dienone is 3. The summed E-state index contributed by atoms with van der Waals surface area (Å²) in [5.41, 5.74) is -0.493. The van der Waals surface area contributed by atoms with Crippen LogP contribution in [0.2, 0.25) is 0 Å². The predicted molar refractivity (Wildman–Crippen MR) is 95.0 cm³/mol. The minimum absolute atomic E-state index is 0.433. The number of hydrogen-bond donors (Lipinski definition) is 0. The molecule has 2 rings (SSSR count). The molecule has 0 saturated carbocycles. The van der Waals surface area contributed by atoms with Gasteiger partial charge in [-0.1, -0.05) is 12.1 Å². The smallest absolute Gasteiger partial charge is 0.258 e. The van der Waals surface area contributed by atoms with Crippen molar-refractivity contribution in [1.29, 1.82) is 0 Å². The molecular formula is C14H15NO5S3. The fourth-order valence-corrected chi connectivity index (χ4v) is 6.20. The first-order valence-electron chi connectivity index (χ1n) is 6.46. The van der Waals surface area contributed by atoms with Crippen LogP contribution in [0.15, 0.2) is 51.1 Å². The summed E-state index contributed by atoms with van der Waals surface area (Å²) in [6, 6.07) is 5.16. The molecule has 0 bridgehead atoms. The molecular weight excluding hydrogens is 358 g/mol. The third-order valence-corrected chi connectivity index (χ3v) is 7.26. The number of nitrogens with zero attached hydrogens (tertiary/aromatic N) is 1. The van der Waals surface area contributed by atoms with Gasteiger partial charge in [0.15, 0.2) is 4.90 Å². The summed E-state index contributed by atoms with van der Waals surface area (Å²) in [5, 5.41) is 11.0. The van der Waals surface area contributed by atoms with Crippen molar-refractivity contribution in [2.24, 2.45) is 0 Å². The van der Waals surface area contributed by atoms with Gasteiger partial charge in [0.1, 0.15) is 0 Å². The number of nitro groups is 1. The van der Waals surface area contributed by atoms with Crippen LogP contribution in [0, 0.1) is 10.1 Å². The summed E-state index contributed by atoms with van der Waals surface area (Å²) in [6.07, 6.45) is 5.64. The van der Waals surface area contributed by atoms with Crippen LogP contribution in [0.5, 0.6) is 0 Å². The van der Waals surface area contributed by atoms with E-state index in [9.17, 15) is 18.5 Å². The van der Waals surface area contributed by atoms with Crippen molar-refractivity contribution in [1.82, 2.24) is 0 Å². The molecule has 1 heterocycles. The highest BCUT2D eigenvalue weighted by molar-refractivity contribution is 8.20. The van der Waals surface area contributed by atoms with Crippen LogP contribution in [0.3, 0.4) is 0 Å². The van der Waals surface area contributed by atoms with Crippen molar-refractivity contribution in [2.45, 2.75) is 18.7 Å². The van der Waals surface area contributed by atoms with E-state index in [1.165, 1.54) is 18.2 Å². The summed E-state index contributed by atoms with van der Waals surface area (Å²) >= 11 is 1.55. The van der Waals surface area contributed by atoms with E-state index in [2.05, 4.69) is 0 Å². The number of rotatable bonds is 5. The highest BCUT2D eigenvalue weighted by Gasteiger charge is 2.28. The molecule has 0 aromatic heterocycles. The lowest BCUT2D eigenvalue weighted by Crippen LogP contribution is -2.09. The van der Waals surface area contributed by atoms with Gasteiger partial charge in [-0.05, 0) is 49.1 Å². The van der Waals surface area contributed by atoms with Crippen LogP contribution in [-0.2, 0) is 13.7 Å². The van der Waals surface area contributed by atoms with Gasteiger partial charge < -0.3 is 0 Å². The summed E-state index contributed by atoms with van der Waals surface area (Å²) in [4.78, 5) is 12.4. The summed E-state index contributed by atoms with van der Waals surface area (Å²) in [7, 11) is -5.32. The Morgan fingerprint density at radius 2 is 1.87 bits per heavy atom. The molecule has 0 fully saturated rings. The molecule has 1 aliphatic rings. The van der Waals surface area contributed by atoms with Gasteiger partial charge in [-0.3, -0.25) is 10.1 Å².